The Morgan fingerprint density at radius 2 is 1.83 bits per heavy atom. The van der Waals surface area contributed by atoms with Gasteiger partial charge in [0.1, 0.15) is 12.2 Å². The molecule has 1 fully saturated rings. The minimum Gasteiger partial charge on any atom is -0.394 e. The second kappa shape index (κ2) is 8.50. The number of aliphatic hydroxyl groups is 1. The van der Waals surface area contributed by atoms with Crippen molar-refractivity contribution in [2.45, 2.75) is 49.9 Å². The van der Waals surface area contributed by atoms with Crippen molar-refractivity contribution in [3.05, 3.63) is 36.0 Å². The molecule has 1 aromatic heterocycles. The number of rotatable bonds is 7. The molecule has 0 aliphatic heterocycles. The number of aliphatic hydroxyl groups excluding tert-OH is 1. The molecule has 0 bridgehead atoms. The highest BCUT2D eigenvalue weighted by molar-refractivity contribution is 5.98. The molecule has 0 atom stereocenters. The van der Waals surface area contributed by atoms with Gasteiger partial charge in [0.15, 0.2) is 0 Å². The van der Waals surface area contributed by atoms with Crippen LogP contribution in [0.3, 0.4) is 0 Å². The van der Waals surface area contributed by atoms with Crippen LogP contribution in [0.1, 0.15) is 36.2 Å². The highest BCUT2D eigenvalue weighted by Crippen LogP contribution is 2.40. The number of amides is 1. The van der Waals surface area contributed by atoms with Gasteiger partial charge in [0.25, 0.3) is 5.91 Å². The molecule has 1 amide bonds. The van der Waals surface area contributed by atoms with Crippen LogP contribution in [0.2, 0.25) is 0 Å². The van der Waals surface area contributed by atoms with Crippen LogP contribution in [0, 0.1) is 0 Å². The molecule has 2 N–H and O–H groups in total. The van der Waals surface area contributed by atoms with E-state index in [0.29, 0.717) is 5.39 Å². The quantitative estimate of drug-likeness (QED) is 0.650. The standard InChI is InChI=1S/C20H23F5N2O3/c21-19(22)7-5-18(6-8-19,30-10-9-28)12-26-17(29)16-11-14-3-1-2-4-15(14)27(16)13-20(23,24)25/h1-4,11,28H,5-10,12-13H2,(H,26,29). The molecule has 10 heteroatoms. The first-order chi connectivity index (χ1) is 14.0. The molecule has 1 aliphatic rings. The number of halogens is 5. The summed E-state index contributed by atoms with van der Waals surface area (Å²) in [6, 6.07) is 7.70. The van der Waals surface area contributed by atoms with Crippen LogP contribution in [-0.2, 0) is 11.3 Å². The molecule has 0 radical (unpaired) electrons. The van der Waals surface area contributed by atoms with Gasteiger partial charge in [-0.15, -0.1) is 0 Å². The molecule has 1 aromatic carbocycles. The second-order valence-electron chi connectivity index (χ2n) is 7.58. The van der Waals surface area contributed by atoms with Crippen LogP contribution in [0.5, 0.6) is 0 Å². The summed E-state index contributed by atoms with van der Waals surface area (Å²) in [6.07, 6.45) is -5.46. The van der Waals surface area contributed by atoms with E-state index in [1.807, 2.05) is 0 Å². The van der Waals surface area contributed by atoms with Crippen molar-refractivity contribution < 1.29 is 36.6 Å². The van der Waals surface area contributed by atoms with E-state index in [4.69, 9.17) is 9.84 Å². The number of benzene rings is 1. The molecule has 5 nitrogen and oxygen atoms in total. The molecular weight excluding hydrogens is 411 g/mol. The number of para-hydroxylation sites is 1. The zero-order valence-corrected chi connectivity index (χ0v) is 16.1. The third-order valence-corrected chi connectivity index (χ3v) is 5.34. The Balaban J connectivity index is 1.81. The van der Waals surface area contributed by atoms with Gasteiger partial charge < -0.3 is 19.7 Å². The number of nitrogens with one attached hydrogen (secondary N) is 1. The van der Waals surface area contributed by atoms with Crippen molar-refractivity contribution in [3.63, 3.8) is 0 Å². The van der Waals surface area contributed by atoms with Crippen molar-refractivity contribution >= 4 is 16.8 Å². The maximum absolute atomic E-state index is 13.6. The monoisotopic (exact) mass is 434 g/mol. The molecule has 1 heterocycles. The first-order valence-corrected chi connectivity index (χ1v) is 9.60. The summed E-state index contributed by atoms with van der Waals surface area (Å²) in [5, 5.41) is 12.1. The molecular formula is C20H23F5N2O3. The molecule has 0 unspecified atom stereocenters. The van der Waals surface area contributed by atoms with Gasteiger partial charge in [-0.25, -0.2) is 8.78 Å². The number of carbonyl (C=O) groups excluding carboxylic acids is 1. The number of ether oxygens (including phenoxy) is 1. The predicted octanol–water partition coefficient (Wildman–Crippen LogP) is 3.89. The number of hydrogen-bond donors (Lipinski definition) is 2. The Hall–Kier alpha value is -2.20. The highest BCUT2D eigenvalue weighted by atomic mass is 19.4. The number of nitrogens with zero attached hydrogens (tertiary/aromatic N) is 1. The van der Waals surface area contributed by atoms with Crippen LogP contribution in [0.15, 0.2) is 30.3 Å². The molecule has 2 aromatic rings. The van der Waals surface area contributed by atoms with E-state index >= 15 is 0 Å². The normalized spacial score (nSPS) is 18.5. The minimum absolute atomic E-state index is 0.0359. The van der Waals surface area contributed by atoms with E-state index < -0.39 is 43.0 Å². The van der Waals surface area contributed by atoms with Crippen LogP contribution >= 0.6 is 0 Å². The topological polar surface area (TPSA) is 63.5 Å². The third-order valence-electron chi connectivity index (χ3n) is 5.34. The van der Waals surface area contributed by atoms with Crippen molar-refractivity contribution in [3.8, 4) is 0 Å². The first kappa shape index (κ1) is 22.5. The predicted molar refractivity (Wildman–Crippen MR) is 99.5 cm³/mol. The molecule has 1 saturated carbocycles. The van der Waals surface area contributed by atoms with Crippen molar-refractivity contribution in [2.24, 2.45) is 0 Å². The zero-order valence-electron chi connectivity index (χ0n) is 16.1. The van der Waals surface area contributed by atoms with Gasteiger partial charge in [0.2, 0.25) is 5.92 Å². The van der Waals surface area contributed by atoms with Gasteiger partial charge in [-0.05, 0) is 25.0 Å². The average molecular weight is 434 g/mol. The summed E-state index contributed by atoms with van der Waals surface area (Å²) in [4.78, 5) is 12.8. The Kier molecular flexibility index (Phi) is 6.37. The van der Waals surface area contributed by atoms with Crippen LogP contribution < -0.4 is 5.32 Å². The third kappa shape index (κ3) is 5.28. The van der Waals surface area contributed by atoms with Crippen molar-refractivity contribution in [1.29, 1.82) is 0 Å². The lowest BCUT2D eigenvalue weighted by Gasteiger charge is -2.40. The van der Waals surface area contributed by atoms with Gasteiger partial charge in [-0.2, -0.15) is 13.2 Å². The van der Waals surface area contributed by atoms with Gasteiger partial charge in [0.05, 0.1) is 18.8 Å². The summed E-state index contributed by atoms with van der Waals surface area (Å²) in [6.45, 7) is -1.88. The number of hydrogen-bond acceptors (Lipinski definition) is 3. The van der Waals surface area contributed by atoms with Gasteiger partial charge >= 0.3 is 6.18 Å². The van der Waals surface area contributed by atoms with Crippen molar-refractivity contribution in [1.82, 2.24) is 9.88 Å². The van der Waals surface area contributed by atoms with Crippen LogP contribution in [0.25, 0.3) is 10.9 Å². The van der Waals surface area contributed by atoms with E-state index in [9.17, 15) is 26.7 Å². The number of aromatic nitrogens is 1. The van der Waals surface area contributed by atoms with E-state index in [-0.39, 0.29) is 43.8 Å². The molecule has 0 spiro atoms. The molecule has 3 rings (SSSR count). The Morgan fingerprint density at radius 3 is 2.47 bits per heavy atom. The van der Waals surface area contributed by atoms with E-state index in [2.05, 4.69) is 5.32 Å². The number of alkyl halides is 5. The van der Waals surface area contributed by atoms with E-state index in [1.54, 1.807) is 18.2 Å². The summed E-state index contributed by atoms with van der Waals surface area (Å²) in [7, 11) is 0. The highest BCUT2D eigenvalue weighted by Gasteiger charge is 2.44. The summed E-state index contributed by atoms with van der Waals surface area (Å²) >= 11 is 0. The number of carbonyl (C=O) groups is 1. The maximum Gasteiger partial charge on any atom is 0.406 e. The SMILES string of the molecule is O=C(NCC1(OCCO)CCC(F)(F)CC1)c1cc2ccccc2n1CC(F)(F)F. The Morgan fingerprint density at radius 1 is 1.17 bits per heavy atom. The molecule has 166 valence electrons. The fourth-order valence-corrected chi connectivity index (χ4v) is 3.79. The van der Waals surface area contributed by atoms with Crippen molar-refractivity contribution in [2.75, 3.05) is 19.8 Å². The molecule has 1 aliphatic carbocycles. The summed E-state index contributed by atoms with van der Waals surface area (Å²) in [5.74, 6) is -3.57. The Labute approximate surface area is 169 Å². The van der Waals surface area contributed by atoms with Crippen LogP contribution in [0.4, 0.5) is 22.0 Å². The van der Waals surface area contributed by atoms with E-state index in [0.717, 1.165) is 4.57 Å². The summed E-state index contributed by atoms with van der Waals surface area (Å²) < 4.78 is 72.8. The average Bonchev–Trinajstić information content (AvgIpc) is 3.03. The Bertz CT molecular complexity index is 884. The first-order valence-electron chi connectivity index (χ1n) is 9.60. The van der Waals surface area contributed by atoms with Gasteiger partial charge in [-0.3, -0.25) is 4.79 Å². The molecule has 30 heavy (non-hydrogen) atoms. The lowest BCUT2D eigenvalue weighted by Crippen LogP contribution is -2.50. The fourth-order valence-electron chi connectivity index (χ4n) is 3.79. The minimum atomic E-state index is -4.53. The smallest absolute Gasteiger partial charge is 0.394 e. The lowest BCUT2D eigenvalue weighted by atomic mass is 9.82. The second-order valence-corrected chi connectivity index (χ2v) is 7.58. The van der Waals surface area contributed by atoms with Gasteiger partial charge in [0, 0.05) is 30.3 Å². The molecule has 0 saturated heterocycles. The van der Waals surface area contributed by atoms with E-state index in [1.165, 1.54) is 12.1 Å². The maximum atomic E-state index is 13.6. The number of fused-ring (bicyclic) bond motifs is 1. The zero-order chi connectivity index (χ0) is 22.0. The lowest BCUT2D eigenvalue weighted by molar-refractivity contribution is -0.140. The van der Waals surface area contributed by atoms with Gasteiger partial charge in [-0.1, -0.05) is 18.2 Å². The largest absolute Gasteiger partial charge is 0.406 e. The summed E-state index contributed by atoms with van der Waals surface area (Å²) in [5.41, 5.74) is -1.00. The fraction of sp³-hybridized carbons (Fsp3) is 0.550. The van der Waals surface area contributed by atoms with Crippen LogP contribution in [-0.4, -0.2) is 53.0 Å².